The minimum absolute atomic E-state index is 0.814. The standard InChI is InChI=1S/C17H28N4/c1-4-21(3)13-16-7-5-6-15(10-16)12-20-17(18-2)19-11-14-8-9-14/h5-7,10,14H,4,8-9,11-13H2,1-3H3,(H2,18,19,20). The highest BCUT2D eigenvalue weighted by molar-refractivity contribution is 5.79. The lowest BCUT2D eigenvalue weighted by molar-refractivity contribution is 0.345. The van der Waals surface area contributed by atoms with Crippen molar-refractivity contribution in [2.45, 2.75) is 32.9 Å². The van der Waals surface area contributed by atoms with Crippen LogP contribution in [0.5, 0.6) is 0 Å². The van der Waals surface area contributed by atoms with Gasteiger partial charge in [-0.2, -0.15) is 0 Å². The number of nitrogens with zero attached hydrogens (tertiary/aromatic N) is 2. The van der Waals surface area contributed by atoms with Crippen molar-refractivity contribution in [2.75, 3.05) is 27.2 Å². The molecule has 0 heterocycles. The Morgan fingerprint density at radius 3 is 2.71 bits per heavy atom. The number of guanidine groups is 1. The summed E-state index contributed by atoms with van der Waals surface area (Å²) in [5.74, 6) is 1.76. The van der Waals surface area contributed by atoms with Crippen molar-refractivity contribution >= 4 is 5.96 Å². The van der Waals surface area contributed by atoms with E-state index < -0.39 is 0 Å². The molecule has 1 aromatic carbocycles. The van der Waals surface area contributed by atoms with Crippen LogP contribution in [0.2, 0.25) is 0 Å². The SMILES string of the molecule is CCN(C)Cc1cccc(CNC(=NC)NCC2CC2)c1. The molecule has 1 saturated carbocycles. The molecule has 0 amide bonds. The fourth-order valence-corrected chi connectivity index (χ4v) is 2.23. The molecule has 0 aromatic heterocycles. The van der Waals surface area contributed by atoms with Crippen molar-refractivity contribution in [1.82, 2.24) is 15.5 Å². The van der Waals surface area contributed by atoms with Gasteiger partial charge in [-0.1, -0.05) is 31.2 Å². The fraction of sp³-hybridized carbons (Fsp3) is 0.588. The van der Waals surface area contributed by atoms with E-state index in [4.69, 9.17) is 0 Å². The van der Waals surface area contributed by atoms with Crippen LogP contribution < -0.4 is 10.6 Å². The summed E-state index contributed by atoms with van der Waals surface area (Å²) in [6, 6.07) is 8.76. The van der Waals surface area contributed by atoms with Gasteiger partial charge in [0.05, 0.1) is 0 Å². The number of hydrogen-bond acceptors (Lipinski definition) is 2. The van der Waals surface area contributed by atoms with Crippen molar-refractivity contribution in [3.8, 4) is 0 Å². The summed E-state index contributed by atoms with van der Waals surface area (Å²) in [5, 5.41) is 6.78. The molecule has 0 saturated heterocycles. The van der Waals surface area contributed by atoms with Crippen molar-refractivity contribution in [1.29, 1.82) is 0 Å². The molecule has 4 heteroatoms. The molecule has 0 atom stereocenters. The molecule has 0 aliphatic heterocycles. The Hall–Kier alpha value is -1.55. The van der Waals surface area contributed by atoms with Crippen molar-refractivity contribution in [3.63, 3.8) is 0 Å². The number of nitrogens with one attached hydrogen (secondary N) is 2. The average Bonchev–Trinajstić information content (AvgIpc) is 3.32. The second-order valence-electron chi connectivity index (χ2n) is 5.90. The van der Waals surface area contributed by atoms with E-state index in [2.05, 4.69) is 58.8 Å². The van der Waals surface area contributed by atoms with Crippen LogP contribution in [0.3, 0.4) is 0 Å². The van der Waals surface area contributed by atoms with Gasteiger partial charge in [0.15, 0.2) is 5.96 Å². The molecule has 21 heavy (non-hydrogen) atoms. The Balaban J connectivity index is 1.82. The van der Waals surface area contributed by atoms with Gasteiger partial charge in [0, 0.05) is 26.7 Å². The molecular formula is C17H28N4. The minimum Gasteiger partial charge on any atom is -0.356 e. The largest absolute Gasteiger partial charge is 0.356 e. The fourth-order valence-electron chi connectivity index (χ4n) is 2.23. The van der Waals surface area contributed by atoms with Crippen molar-refractivity contribution in [2.24, 2.45) is 10.9 Å². The molecule has 1 fully saturated rings. The maximum absolute atomic E-state index is 4.27. The summed E-state index contributed by atoms with van der Waals surface area (Å²) < 4.78 is 0. The molecule has 4 nitrogen and oxygen atoms in total. The zero-order valence-electron chi connectivity index (χ0n) is 13.5. The van der Waals surface area contributed by atoms with E-state index in [1.807, 2.05) is 7.05 Å². The molecule has 0 radical (unpaired) electrons. The number of aliphatic imine (C=N–C) groups is 1. The van der Waals surface area contributed by atoms with Gasteiger partial charge in [-0.25, -0.2) is 0 Å². The predicted octanol–water partition coefficient (Wildman–Crippen LogP) is 2.21. The lowest BCUT2D eigenvalue weighted by Gasteiger charge is -2.15. The molecular weight excluding hydrogens is 260 g/mol. The maximum atomic E-state index is 4.27. The van der Waals surface area contributed by atoms with Crippen molar-refractivity contribution < 1.29 is 0 Å². The third-order valence-electron chi connectivity index (χ3n) is 3.92. The van der Waals surface area contributed by atoms with Gasteiger partial charge < -0.3 is 15.5 Å². The van der Waals surface area contributed by atoms with E-state index >= 15 is 0 Å². The summed E-state index contributed by atoms with van der Waals surface area (Å²) in [7, 11) is 3.98. The van der Waals surface area contributed by atoms with Crippen molar-refractivity contribution in [3.05, 3.63) is 35.4 Å². The minimum atomic E-state index is 0.814. The number of hydrogen-bond donors (Lipinski definition) is 2. The van der Waals surface area contributed by atoms with Crippen LogP contribution in [0.15, 0.2) is 29.3 Å². The summed E-state index contributed by atoms with van der Waals surface area (Å²) in [4.78, 5) is 6.58. The Morgan fingerprint density at radius 2 is 2.05 bits per heavy atom. The zero-order chi connectivity index (χ0) is 15.1. The molecule has 2 N–H and O–H groups in total. The summed E-state index contributed by atoms with van der Waals surface area (Å²) in [6.07, 6.45) is 2.72. The molecule has 0 unspecified atom stereocenters. The maximum Gasteiger partial charge on any atom is 0.191 e. The molecule has 0 spiro atoms. The average molecular weight is 288 g/mol. The van der Waals surface area contributed by atoms with Crippen LogP contribution in [0.4, 0.5) is 0 Å². The van der Waals surface area contributed by atoms with E-state index in [1.165, 1.54) is 24.0 Å². The van der Waals surface area contributed by atoms with Gasteiger partial charge in [-0.15, -0.1) is 0 Å². The molecule has 1 aromatic rings. The van der Waals surface area contributed by atoms with E-state index in [9.17, 15) is 0 Å². The number of benzene rings is 1. The van der Waals surface area contributed by atoms with Crippen LogP contribution in [0.1, 0.15) is 30.9 Å². The van der Waals surface area contributed by atoms with Crippen LogP contribution in [0, 0.1) is 5.92 Å². The van der Waals surface area contributed by atoms with Crippen LogP contribution >= 0.6 is 0 Å². The topological polar surface area (TPSA) is 39.7 Å². The van der Waals surface area contributed by atoms with Gasteiger partial charge in [-0.05, 0) is 43.5 Å². The summed E-state index contributed by atoms with van der Waals surface area (Å²) in [6.45, 7) is 6.11. The predicted molar refractivity (Wildman–Crippen MR) is 89.4 cm³/mol. The van der Waals surface area contributed by atoms with Crippen LogP contribution in [0.25, 0.3) is 0 Å². The molecule has 1 aliphatic carbocycles. The van der Waals surface area contributed by atoms with Gasteiger partial charge in [-0.3, -0.25) is 4.99 Å². The van der Waals surface area contributed by atoms with Gasteiger partial charge in [0.25, 0.3) is 0 Å². The van der Waals surface area contributed by atoms with Gasteiger partial charge in [0.2, 0.25) is 0 Å². The van der Waals surface area contributed by atoms with E-state index in [1.54, 1.807) is 0 Å². The highest BCUT2D eigenvalue weighted by Crippen LogP contribution is 2.27. The highest BCUT2D eigenvalue weighted by atomic mass is 15.2. The molecule has 1 aliphatic rings. The third-order valence-corrected chi connectivity index (χ3v) is 3.92. The second-order valence-corrected chi connectivity index (χ2v) is 5.90. The van der Waals surface area contributed by atoms with Crippen LogP contribution in [-0.4, -0.2) is 38.0 Å². The Bertz CT molecular complexity index is 466. The lowest BCUT2D eigenvalue weighted by Crippen LogP contribution is -2.37. The summed E-state index contributed by atoms with van der Waals surface area (Å²) in [5.41, 5.74) is 2.66. The quantitative estimate of drug-likeness (QED) is 0.597. The second kappa shape index (κ2) is 8.03. The summed E-state index contributed by atoms with van der Waals surface area (Å²) >= 11 is 0. The zero-order valence-corrected chi connectivity index (χ0v) is 13.5. The Morgan fingerprint density at radius 1 is 1.29 bits per heavy atom. The Labute approximate surface area is 128 Å². The van der Waals surface area contributed by atoms with E-state index in [0.29, 0.717) is 0 Å². The highest BCUT2D eigenvalue weighted by Gasteiger charge is 2.20. The number of rotatable bonds is 7. The van der Waals surface area contributed by atoms with Gasteiger partial charge >= 0.3 is 0 Å². The van der Waals surface area contributed by atoms with Gasteiger partial charge in [0.1, 0.15) is 0 Å². The van der Waals surface area contributed by atoms with E-state index in [-0.39, 0.29) is 0 Å². The first kappa shape index (κ1) is 15.8. The monoisotopic (exact) mass is 288 g/mol. The van der Waals surface area contributed by atoms with Crippen LogP contribution in [-0.2, 0) is 13.1 Å². The molecule has 116 valence electrons. The normalized spacial score (nSPS) is 15.3. The molecule has 2 rings (SSSR count). The third kappa shape index (κ3) is 5.76. The first-order valence-electron chi connectivity index (χ1n) is 7.92. The first-order valence-corrected chi connectivity index (χ1v) is 7.92. The van der Waals surface area contributed by atoms with E-state index in [0.717, 1.165) is 38.1 Å². The smallest absolute Gasteiger partial charge is 0.191 e. The molecule has 0 bridgehead atoms. The first-order chi connectivity index (χ1) is 10.2. The Kier molecular flexibility index (Phi) is 6.05. The lowest BCUT2D eigenvalue weighted by atomic mass is 10.1.